The van der Waals surface area contributed by atoms with E-state index in [1.54, 1.807) is 0 Å². The van der Waals surface area contributed by atoms with Gasteiger partial charge in [-0.05, 0) is 77.2 Å². The summed E-state index contributed by atoms with van der Waals surface area (Å²) in [4.78, 5) is 17.2. The molecule has 0 unspecified atom stereocenters. The van der Waals surface area contributed by atoms with E-state index in [1.165, 1.54) is 22.3 Å². The summed E-state index contributed by atoms with van der Waals surface area (Å²) < 4.78 is 11.4. The van der Waals surface area contributed by atoms with Crippen molar-refractivity contribution in [3.63, 3.8) is 0 Å². The molecule has 220 valence electrons. The van der Waals surface area contributed by atoms with Crippen molar-refractivity contribution in [2.75, 3.05) is 39.4 Å². The average Bonchev–Trinajstić information content (AvgIpc) is 3.83. The van der Waals surface area contributed by atoms with Crippen LogP contribution in [0.4, 0.5) is 0 Å². The number of carbonyl (C=O) groups excluding carboxylic acids is 1. The van der Waals surface area contributed by atoms with Gasteiger partial charge in [-0.3, -0.25) is 4.79 Å². The fourth-order valence-electron chi connectivity index (χ4n) is 7.41. The van der Waals surface area contributed by atoms with E-state index in [1.807, 2.05) is 12.1 Å². The minimum atomic E-state index is -0.770. The normalized spacial score (nSPS) is 17.6. The molecule has 3 aliphatic rings. The number of nitrogens with zero attached hydrogens (tertiary/aromatic N) is 1. The summed E-state index contributed by atoms with van der Waals surface area (Å²) >= 11 is 0. The van der Waals surface area contributed by atoms with Crippen molar-refractivity contribution in [1.82, 2.24) is 10.2 Å². The van der Waals surface area contributed by atoms with Crippen molar-refractivity contribution < 1.29 is 14.3 Å². The number of ether oxygens (including phenoxy) is 2. The topological polar surface area (TPSA) is 50.8 Å². The first-order valence-electron chi connectivity index (χ1n) is 15.8. The molecule has 0 spiro atoms. The Labute approximate surface area is 254 Å². The average molecular weight is 573 g/mol. The minimum Gasteiger partial charge on any atom is -0.493 e. The van der Waals surface area contributed by atoms with E-state index >= 15 is 0 Å². The van der Waals surface area contributed by atoms with Gasteiger partial charge in [0.1, 0.15) is 16.9 Å². The summed E-state index contributed by atoms with van der Waals surface area (Å²) in [5, 5.41) is 3.41. The molecule has 1 fully saturated rings. The second-order valence-corrected chi connectivity index (χ2v) is 12.2. The number of hydrogen-bond donors (Lipinski definition) is 1. The highest BCUT2D eigenvalue weighted by Crippen LogP contribution is 2.44. The third kappa shape index (κ3) is 5.54. The molecular weight excluding hydrogens is 532 g/mol. The number of fused-ring (bicyclic) bond motifs is 2. The zero-order valence-electron chi connectivity index (χ0n) is 24.8. The lowest BCUT2D eigenvalue weighted by Crippen LogP contribution is -2.51. The molecule has 0 aliphatic carbocycles. The third-order valence-corrected chi connectivity index (χ3v) is 9.62. The molecule has 4 aromatic carbocycles. The molecule has 0 aromatic heterocycles. The second-order valence-electron chi connectivity index (χ2n) is 12.2. The Kier molecular flexibility index (Phi) is 7.90. The summed E-state index contributed by atoms with van der Waals surface area (Å²) in [6.45, 7) is 5.00. The van der Waals surface area contributed by atoms with Crippen molar-refractivity contribution in [2.24, 2.45) is 5.92 Å². The lowest BCUT2D eigenvalue weighted by molar-refractivity contribution is -0.127. The van der Waals surface area contributed by atoms with Gasteiger partial charge < -0.3 is 19.7 Å². The predicted molar refractivity (Wildman–Crippen MR) is 170 cm³/mol. The summed E-state index contributed by atoms with van der Waals surface area (Å²) in [6.07, 6.45) is 4.73. The van der Waals surface area contributed by atoms with E-state index in [2.05, 4.69) is 95.1 Å². The van der Waals surface area contributed by atoms with Gasteiger partial charge in [-0.2, -0.15) is 0 Å². The monoisotopic (exact) mass is 572 g/mol. The highest BCUT2D eigenvalue weighted by atomic mass is 16.5. The first kappa shape index (κ1) is 27.7. The van der Waals surface area contributed by atoms with Crippen molar-refractivity contribution in [1.29, 1.82) is 0 Å². The van der Waals surface area contributed by atoms with Crippen LogP contribution in [0.25, 0.3) is 0 Å². The predicted octanol–water partition coefficient (Wildman–Crippen LogP) is 5.77. The number of amides is 1. The Morgan fingerprint density at radius 2 is 1.35 bits per heavy atom. The summed E-state index contributed by atoms with van der Waals surface area (Å²) in [7, 11) is 0. The Balaban J connectivity index is 1.12. The van der Waals surface area contributed by atoms with Crippen molar-refractivity contribution in [3.05, 3.63) is 130 Å². The van der Waals surface area contributed by atoms with Gasteiger partial charge in [0, 0.05) is 32.5 Å². The zero-order chi connectivity index (χ0) is 29.1. The quantitative estimate of drug-likeness (QED) is 0.262. The van der Waals surface area contributed by atoms with E-state index in [0.29, 0.717) is 6.54 Å². The molecule has 0 radical (unpaired) electrons. The Morgan fingerprint density at radius 1 is 0.767 bits per heavy atom. The van der Waals surface area contributed by atoms with Gasteiger partial charge in [-0.15, -0.1) is 0 Å². The minimum absolute atomic E-state index is 0.0971. The fourth-order valence-corrected chi connectivity index (χ4v) is 7.41. The van der Waals surface area contributed by atoms with Gasteiger partial charge >= 0.3 is 0 Å². The molecule has 5 nitrogen and oxygen atoms in total. The van der Waals surface area contributed by atoms with Crippen LogP contribution in [-0.2, 0) is 35.9 Å². The maximum absolute atomic E-state index is 14.7. The van der Waals surface area contributed by atoms with Gasteiger partial charge in [0.25, 0.3) is 0 Å². The smallest absolute Gasteiger partial charge is 0.235 e. The first-order valence-corrected chi connectivity index (χ1v) is 15.8. The highest BCUT2D eigenvalue weighted by Gasteiger charge is 2.50. The van der Waals surface area contributed by atoms with Crippen LogP contribution in [0.5, 0.6) is 11.5 Å². The van der Waals surface area contributed by atoms with Crippen LogP contribution in [0.15, 0.2) is 97.1 Å². The lowest BCUT2D eigenvalue weighted by atomic mass is 9.64. The SMILES string of the molecule is O=C(NCCc1ccc2c(c1)CCO2)C(c1ccccc1)(c1ccccc1)[C@H]1CCN(CCc2ccc3c(c2)CCO3)C1. The van der Waals surface area contributed by atoms with Crippen LogP contribution in [0.2, 0.25) is 0 Å². The number of carbonyl (C=O) groups is 1. The second kappa shape index (κ2) is 12.3. The van der Waals surface area contributed by atoms with Crippen molar-refractivity contribution >= 4 is 5.91 Å². The van der Waals surface area contributed by atoms with Gasteiger partial charge in [0.15, 0.2) is 0 Å². The summed E-state index contributed by atoms with van der Waals surface area (Å²) in [6, 6.07) is 34.0. The Morgan fingerprint density at radius 3 is 1.95 bits per heavy atom. The van der Waals surface area contributed by atoms with Gasteiger partial charge in [-0.25, -0.2) is 0 Å². The first-order chi connectivity index (χ1) is 21.2. The maximum Gasteiger partial charge on any atom is 0.235 e. The number of rotatable bonds is 10. The molecule has 3 aliphatic heterocycles. The molecule has 0 saturated carbocycles. The van der Waals surface area contributed by atoms with E-state index in [-0.39, 0.29) is 11.8 Å². The molecule has 7 rings (SSSR count). The fraction of sp³-hybridized carbons (Fsp3) is 0.342. The largest absolute Gasteiger partial charge is 0.493 e. The summed E-state index contributed by atoms with van der Waals surface area (Å²) in [5.74, 6) is 2.29. The molecule has 1 saturated heterocycles. The highest BCUT2D eigenvalue weighted by molar-refractivity contribution is 5.92. The molecule has 0 bridgehead atoms. The van der Waals surface area contributed by atoms with Crippen LogP contribution in [0, 0.1) is 5.92 Å². The van der Waals surface area contributed by atoms with E-state index in [9.17, 15) is 4.79 Å². The lowest BCUT2D eigenvalue weighted by Gasteiger charge is -2.39. The molecule has 1 amide bonds. The van der Waals surface area contributed by atoms with Gasteiger partial charge in [0.2, 0.25) is 5.91 Å². The van der Waals surface area contributed by atoms with Crippen LogP contribution >= 0.6 is 0 Å². The van der Waals surface area contributed by atoms with E-state index < -0.39 is 5.41 Å². The molecule has 1 N–H and O–H groups in total. The van der Waals surface area contributed by atoms with Gasteiger partial charge in [0.05, 0.1) is 13.2 Å². The number of benzene rings is 4. The molecule has 4 aromatic rings. The molecule has 1 atom stereocenters. The zero-order valence-corrected chi connectivity index (χ0v) is 24.8. The standard InChI is InChI=1S/C38H40N2O3/c41-37(39-20-15-28-11-13-35-30(25-28)18-23-42-35)38(32-7-3-1-4-8-32,33-9-5-2-6-10-33)34-17-22-40(27-34)21-16-29-12-14-36-31(26-29)19-24-43-36/h1-14,25-26,34H,15-24,27H2,(H,39,41)/t34-/m0/s1. The number of hydrogen-bond acceptors (Lipinski definition) is 4. The molecule has 5 heteroatoms. The van der Waals surface area contributed by atoms with E-state index in [4.69, 9.17) is 9.47 Å². The molecular formula is C38H40N2O3. The molecule has 43 heavy (non-hydrogen) atoms. The maximum atomic E-state index is 14.7. The Bertz CT molecular complexity index is 1530. The van der Waals surface area contributed by atoms with Crippen LogP contribution in [0.1, 0.15) is 39.8 Å². The number of nitrogens with one attached hydrogen (secondary N) is 1. The van der Waals surface area contributed by atoms with Crippen LogP contribution in [-0.4, -0.2) is 50.2 Å². The van der Waals surface area contributed by atoms with Gasteiger partial charge in [-0.1, -0.05) is 84.9 Å². The molecule has 3 heterocycles. The van der Waals surface area contributed by atoms with Crippen LogP contribution in [0.3, 0.4) is 0 Å². The number of likely N-dealkylation sites (tertiary alicyclic amines) is 1. The van der Waals surface area contributed by atoms with Crippen molar-refractivity contribution in [2.45, 2.75) is 37.5 Å². The van der Waals surface area contributed by atoms with E-state index in [0.717, 1.165) is 87.6 Å². The third-order valence-electron chi connectivity index (χ3n) is 9.62. The Hall–Kier alpha value is -4.09. The summed E-state index contributed by atoms with van der Waals surface area (Å²) in [5.41, 5.74) is 6.56. The van der Waals surface area contributed by atoms with Crippen molar-refractivity contribution in [3.8, 4) is 11.5 Å². The van der Waals surface area contributed by atoms with Crippen LogP contribution < -0.4 is 14.8 Å².